The number of halogens is 1. The Labute approximate surface area is 326 Å². The number of nitrogens with two attached hydrogens (primary N) is 1. The summed E-state index contributed by atoms with van der Waals surface area (Å²) in [5, 5.41) is 17.6. The van der Waals surface area contributed by atoms with Gasteiger partial charge in [0.1, 0.15) is 24.8 Å². The lowest BCUT2D eigenvalue weighted by Crippen LogP contribution is -2.44. The first kappa shape index (κ1) is 39.6. The van der Waals surface area contributed by atoms with E-state index < -0.39 is 46.7 Å². The number of carbonyl (C=O) groups is 5. The number of hydrogen-bond donors (Lipinski definition) is 4. The molecule has 57 heavy (non-hydrogen) atoms. The Morgan fingerprint density at radius 3 is 2.63 bits per heavy atom. The van der Waals surface area contributed by atoms with E-state index in [4.69, 9.17) is 20.2 Å². The van der Waals surface area contributed by atoms with Crippen LogP contribution in [0.25, 0.3) is 22.3 Å². The van der Waals surface area contributed by atoms with Gasteiger partial charge in [0, 0.05) is 41.3 Å². The molecule has 2 amide bonds. The number of benzene rings is 2. The summed E-state index contributed by atoms with van der Waals surface area (Å²) in [6.45, 7) is 2.23. The van der Waals surface area contributed by atoms with Crippen LogP contribution in [0, 0.1) is 18.7 Å². The van der Waals surface area contributed by atoms with E-state index in [1.165, 1.54) is 10.6 Å². The van der Waals surface area contributed by atoms with Crippen LogP contribution in [0.5, 0.6) is 0 Å². The second-order valence-electron chi connectivity index (χ2n) is 14.9. The van der Waals surface area contributed by atoms with Crippen LogP contribution in [0.1, 0.15) is 77.6 Å². The Morgan fingerprint density at radius 1 is 1.12 bits per heavy atom. The SMILES string of the molecule is CC[C@@]1(O)C(=O)OCc2c1cc1n(c2=O)Cc2c-1nc1cc(F)c(C)c3c1c2[C@@H](NC(=O)COCCC(=O)CNC(=O)[C@@H](CC(=O)CN)Cc1ccccc1)CC3. The number of amides is 2. The van der Waals surface area contributed by atoms with Crippen molar-refractivity contribution in [1.29, 1.82) is 0 Å². The molecular formula is C42H44FN5O9. The van der Waals surface area contributed by atoms with Crippen molar-refractivity contribution < 1.29 is 42.9 Å². The van der Waals surface area contributed by atoms with E-state index in [-0.39, 0.29) is 81.4 Å². The highest BCUT2D eigenvalue weighted by Gasteiger charge is 2.46. The number of nitrogens with zero attached hydrogens (tertiary/aromatic N) is 2. The van der Waals surface area contributed by atoms with E-state index >= 15 is 4.39 Å². The Morgan fingerprint density at radius 2 is 1.89 bits per heavy atom. The molecule has 0 unspecified atom stereocenters. The van der Waals surface area contributed by atoms with Gasteiger partial charge in [0.15, 0.2) is 11.4 Å². The zero-order valence-corrected chi connectivity index (χ0v) is 31.7. The molecule has 0 saturated heterocycles. The minimum atomic E-state index is -2.01. The average molecular weight is 782 g/mol. The first-order valence-corrected chi connectivity index (χ1v) is 19.1. The summed E-state index contributed by atoms with van der Waals surface area (Å²) >= 11 is 0. The molecular weight excluding hydrogens is 737 g/mol. The number of rotatable bonds is 15. The molecule has 0 fully saturated rings. The van der Waals surface area contributed by atoms with E-state index in [0.717, 1.165) is 11.1 Å². The standard InChI is InChI=1S/C42H44FN5O9/c1-3-42(55)30-15-34-38-28(19-48(34)40(53)29(30)20-57-41(42)54)37-32(10-9-27-22(2)31(43)16-33(47-38)36(27)37)46-35(51)21-56-12-11-25(49)18-45-39(52)24(14-26(50)17-44)13-23-7-5-4-6-8-23/h4-8,15-16,24,32,55H,3,9-14,17-21,44H2,1-2H3,(H,45,52)(H,46,51)/t24-,32+,42+/m1/s1. The molecule has 3 aliphatic rings. The van der Waals surface area contributed by atoms with Gasteiger partial charge in [0.2, 0.25) is 11.8 Å². The monoisotopic (exact) mass is 781 g/mol. The number of esters is 1. The molecule has 7 rings (SSSR count). The fourth-order valence-electron chi connectivity index (χ4n) is 8.22. The second kappa shape index (κ2) is 16.1. The summed E-state index contributed by atoms with van der Waals surface area (Å²) < 4.78 is 27.5. The van der Waals surface area contributed by atoms with Gasteiger partial charge in [-0.1, -0.05) is 37.3 Å². The number of pyridine rings is 2. The highest BCUT2D eigenvalue weighted by Crippen LogP contribution is 2.46. The number of aryl methyl sites for hydroxylation is 1. The molecule has 0 radical (unpaired) electrons. The molecule has 2 aliphatic heterocycles. The predicted octanol–water partition coefficient (Wildman–Crippen LogP) is 2.50. The summed E-state index contributed by atoms with van der Waals surface area (Å²) in [7, 11) is 0. The lowest BCUT2D eigenvalue weighted by Gasteiger charge is -2.31. The molecule has 0 saturated carbocycles. The summed E-state index contributed by atoms with van der Waals surface area (Å²) in [4.78, 5) is 82.3. The van der Waals surface area contributed by atoms with E-state index in [1.807, 2.05) is 30.3 Å². The fourth-order valence-corrected chi connectivity index (χ4v) is 8.22. The van der Waals surface area contributed by atoms with Crippen molar-refractivity contribution in [3.8, 4) is 11.4 Å². The first-order chi connectivity index (χ1) is 27.3. The molecule has 2 aromatic heterocycles. The molecule has 1 aliphatic carbocycles. The smallest absolute Gasteiger partial charge is 0.343 e. The number of carbonyl (C=O) groups excluding carboxylic acids is 5. The Kier molecular flexibility index (Phi) is 11.2. The number of ketones is 2. The number of aliphatic hydroxyl groups is 1. The lowest BCUT2D eigenvalue weighted by atomic mass is 9.81. The molecule has 14 nitrogen and oxygen atoms in total. The van der Waals surface area contributed by atoms with Crippen LogP contribution in [0.4, 0.5) is 4.39 Å². The maximum atomic E-state index is 15.3. The normalized spacial score (nSPS) is 18.3. The first-order valence-electron chi connectivity index (χ1n) is 19.1. The molecule has 2 aromatic carbocycles. The number of hydrogen-bond acceptors (Lipinski definition) is 11. The largest absolute Gasteiger partial charge is 0.458 e. The van der Waals surface area contributed by atoms with Gasteiger partial charge in [0.25, 0.3) is 5.56 Å². The van der Waals surface area contributed by atoms with Crippen LogP contribution >= 0.6 is 0 Å². The number of ether oxygens (including phenoxy) is 2. The van der Waals surface area contributed by atoms with E-state index in [1.54, 1.807) is 19.9 Å². The molecule has 298 valence electrons. The van der Waals surface area contributed by atoms with Crippen molar-refractivity contribution >= 4 is 40.3 Å². The second-order valence-corrected chi connectivity index (χ2v) is 14.9. The molecule has 15 heteroatoms. The Balaban J connectivity index is 1.03. The highest BCUT2D eigenvalue weighted by atomic mass is 19.1. The molecule has 0 bridgehead atoms. The van der Waals surface area contributed by atoms with Crippen LogP contribution in [0.15, 0.2) is 47.3 Å². The Bertz CT molecular complexity index is 2380. The van der Waals surface area contributed by atoms with E-state index in [0.29, 0.717) is 58.2 Å². The van der Waals surface area contributed by atoms with Gasteiger partial charge in [-0.25, -0.2) is 14.2 Å². The summed E-state index contributed by atoms with van der Waals surface area (Å²) in [6, 6.07) is 11.6. The summed E-state index contributed by atoms with van der Waals surface area (Å²) in [6.07, 6.45) is 1.06. The predicted molar refractivity (Wildman–Crippen MR) is 204 cm³/mol. The van der Waals surface area contributed by atoms with Crippen molar-refractivity contribution in [3.05, 3.63) is 97.6 Å². The van der Waals surface area contributed by atoms with Crippen molar-refractivity contribution in [2.24, 2.45) is 11.7 Å². The van der Waals surface area contributed by atoms with Gasteiger partial charge < -0.3 is 35.5 Å². The maximum absolute atomic E-state index is 15.3. The van der Waals surface area contributed by atoms with Crippen LogP contribution < -0.4 is 21.9 Å². The number of cyclic esters (lactones) is 1. The van der Waals surface area contributed by atoms with Crippen molar-refractivity contribution in [1.82, 2.24) is 20.2 Å². The van der Waals surface area contributed by atoms with Gasteiger partial charge in [0.05, 0.1) is 54.8 Å². The third kappa shape index (κ3) is 7.49. The fraction of sp³-hybridized carbons (Fsp3) is 0.405. The van der Waals surface area contributed by atoms with Crippen molar-refractivity contribution in [2.75, 3.05) is 26.3 Å². The van der Waals surface area contributed by atoms with Crippen molar-refractivity contribution in [3.63, 3.8) is 0 Å². The maximum Gasteiger partial charge on any atom is 0.343 e. The van der Waals surface area contributed by atoms with Gasteiger partial charge in [-0.15, -0.1) is 0 Å². The lowest BCUT2D eigenvalue weighted by molar-refractivity contribution is -0.172. The van der Waals surface area contributed by atoms with E-state index in [2.05, 4.69) is 10.6 Å². The highest BCUT2D eigenvalue weighted by molar-refractivity contribution is 5.94. The van der Waals surface area contributed by atoms with Crippen LogP contribution in [-0.2, 0) is 65.0 Å². The van der Waals surface area contributed by atoms with Crippen LogP contribution in [0.3, 0.4) is 0 Å². The van der Waals surface area contributed by atoms with Gasteiger partial charge in [-0.05, 0) is 60.9 Å². The zero-order chi connectivity index (χ0) is 40.6. The number of Topliss-reactive ketones (excluding diaryl/α,β-unsaturated/α-hetero) is 2. The third-order valence-electron chi connectivity index (χ3n) is 11.3. The summed E-state index contributed by atoms with van der Waals surface area (Å²) in [5.74, 6) is -3.43. The van der Waals surface area contributed by atoms with Gasteiger partial charge in [-0.3, -0.25) is 24.0 Å². The van der Waals surface area contributed by atoms with Gasteiger partial charge in [-0.2, -0.15) is 0 Å². The van der Waals surface area contributed by atoms with E-state index in [9.17, 15) is 33.9 Å². The topological polar surface area (TPSA) is 209 Å². The molecule has 4 aromatic rings. The number of fused-ring (bicyclic) bond motifs is 5. The van der Waals surface area contributed by atoms with Crippen LogP contribution in [0.2, 0.25) is 0 Å². The average Bonchev–Trinajstić information content (AvgIpc) is 3.58. The zero-order valence-electron chi connectivity index (χ0n) is 31.7. The third-order valence-corrected chi connectivity index (χ3v) is 11.3. The minimum absolute atomic E-state index is 0.0197. The number of aromatic nitrogens is 2. The number of nitrogens with one attached hydrogen (secondary N) is 2. The molecule has 3 atom stereocenters. The van der Waals surface area contributed by atoms with Crippen molar-refractivity contribution in [2.45, 2.75) is 77.2 Å². The quantitative estimate of drug-likeness (QED) is 0.0896. The molecule has 0 spiro atoms. The van der Waals surface area contributed by atoms with Gasteiger partial charge >= 0.3 is 5.97 Å². The summed E-state index contributed by atoms with van der Waals surface area (Å²) in [5.41, 5.74) is 7.95. The minimum Gasteiger partial charge on any atom is -0.458 e. The Hall–Kier alpha value is -5.64. The van der Waals surface area contributed by atoms with Crippen LogP contribution in [-0.4, -0.2) is 70.3 Å². The molecule has 5 N–H and O–H groups in total. The molecule has 4 heterocycles.